The van der Waals surface area contributed by atoms with Gasteiger partial charge in [0.1, 0.15) is 5.69 Å². The Morgan fingerprint density at radius 1 is 1.60 bits per heavy atom. The van der Waals surface area contributed by atoms with Crippen LogP contribution >= 0.6 is 0 Å². The molecule has 1 fully saturated rings. The van der Waals surface area contributed by atoms with Gasteiger partial charge in [-0.3, -0.25) is 0 Å². The van der Waals surface area contributed by atoms with Gasteiger partial charge in [0.25, 0.3) is 0 Å². The van der Waals surface area contributed by atoms with Crippen molar-refractivity contribution >= 4 is 5.97 Å². The summed E-state index contributed by atoms with van der Waals surface area (Å²) in [5, 5.41) is 3.30. The Bertz CT molecular complexity index is 342. The standard InChI is InChI=1S/C11H14N2O2/c1-15-11(14)10-3-2-8(7-13-10)9-4-5-12-6-9/h2-3,7,9,12H,4-6H2,1H3. The molecule has 0 bridgehead atoms. The summed E-state index contributed by atoms with van der Waals surface area (Å²) in [5.74, 6) is 0.148. The Balaban J connectivity index is 2.12. The number of methoxy groups -OCH3 is 1. The minimum Gasteiger partial charge on any atom is -0.464 e. The predicted molar refractivity (Wildman–Crippen MR) is 55.8 cm³/mol. The molecular weight excluding hydrogens is 192 g/mol. The number of nitrogens with one attached hydrogen (secondary N) is 1. The van der Waals surface area contributed by atoms with Crippen molar-refractivity contribution in [3.05, 3.63) is 29.6 Å². The molecule has 0 radical (unpaired) electrons. The molecular formula is C11H14N2O2. The molecule has 4 nitrogen and oxygen atoms in total. The SMILES string of the molecule is COC(=O)c1ccc(C2CCNC2)cn1. The Hall–Kier alpha value is -1.42. The highest BCUT2D eigenvalue weighted by atomic mass is 16.5. The number of esters is 1. The van der Waals surface area contributed by atoms with Gasteiger partial charge in [-0.1, -0.05) is 6.07 Å². The van der Waals surface area contributed by atoms with Crippen LogP contribution in [-0.4, -0.2) is 31.2 Å². The second-order valence-electron chi connectivity index (χ2n) is 3.66. The molecule has 0 aliphatic carbocycles. The fourth-order valence-electron chi connectivity index (χ4n) is 1.81. The van der Waals surface area contributed by atoms with Gasteiger partial charge in [-0.25, -0.2) is 9.78 Å². The van der Waals surface area contributed by atoms with E-state index < -0.39 is 0 Å². The number of hydrogen-bond donors (Lipinski definition) is 1. The van der Waals surface area contributed by atoms with Crippen LogP contribution in [0, 0.1) is 0 Å². The molecule has 2 rings (SSSR count). The Labute approximate surface area is 88.7 Å². The summed E-state index contributed by atoms with van der Waals surface area (Å²) in [4.78, 5) is 15.2. The zero-order chi connectivity index (χ0) is 10.7. The van der Waals surface area contributed by atoms with Crippen LogP contribution in [0.4, 0.5) is 0 Å². The van der Waals surface area contributed by atoms with Crippen LogP contribution in [0.2, 0.25) is 0 Å². The van der Waals surface area contributed by atoms with Crippen molar-refractivity contribution in [2.24, 2.45) is 0 Å². The number of ether oxygens (including phenoxy) is 1. The van der Waals surface area contributed by atoms with Crippen LogP contribution in [0.3, 0.4) is 0 Å². The first-order valence-corrected chi connectivity index (χ1v) is 5.06. The number of nitrogens with zero attached hydrogens (tertiary/aromatic N) is 1. The summed E-state index contributed by atoms with van der Waals surface area (Å²) in [6.07, 6.45) is 2.91. The largest absolute Gasteiger partial charge is 0.464 e. The monoisotopic (exact) mass is 206 g/mol. The number of pyridine rings is 1. The average Bonchev–Trinajstić information content (AvgIpc) is 2.82. The summed E-state index contributed by atoms with van der Waals surface area (Å²) in [6, 6.07) is 3.68. The van der Waals surface area contributed by atoms with Crippen molar-refractivity contribution in [1.82, 2.24) is 10.3 Å². The molecule has 1 aliphatic heterocycles. The topological polar surface area (TPSA) is 51.2 Å². The lowest BCUT2D eigenvalue weighted by Gasteiger charge is -2.07. The van der Waals surface area contributed by atoms with E-state index in [1.165, 1.54) is 12.7 Å². The van der Waals surface area contributed by atoms with E-state index >= 15 is 0 Å². The van der Waals surface area contributed by atoms with Crippen LogP contribution in [-0.2, 0) is 4.74 Å². The van der Waals surface area contributed by atoms with Gasteiger partial charge in [-0.2, -0.15) is 0 Å². The second kappa shape index (κ2) is 4.40. The van der Waals surface area contributed by atoms with Crippen molar-refractivity contribution in [3.8, 4) is 0 Å². The molecule has 0 amide bonds. The fourth-order valence-corrected chi connectivity index (χ4v) is 1.81. The first-order chi connectivity index (χ1) is 7.31. The zero-order valence-electron chi connectivity index (χ0n) is 8.69. The number of aromatic nitrogens is 1. The van der Waals surface area contributed by atoms with E-state index in [1.807, 2.05) is 6.07 Å². The lowest BCUT2D eigenvalue weighted by atomic mass is 10.0. The van der Waals surface area contributed by atoms with Crippen molar-refractivity contribution in [3.63, 3.8) is 0 Å². The maximum atomic E-state index is 11.1. The van der Waals surface area contributed by atoms with Gasteiger partial charge in [0, 0.05) is 12.7 Å². The first-order valence-electron chi connectivity index (χ1n) is 5.06. The molecule has 0 spiro atoms. The highest BCUT2D eigenvalue weighted by Gasteiger charge is 2.17. The van der Waals surface area contributed by atoms with Gasteiger partial charge in [-0.05, 0) is 30.5 Å². The van der Waals surface area contributed by atoms with E-state index in [0.717, 1.165) is 19.5 Å². The van der Waals surface area contributed by atoms with Crippen LogP contribution in [0.15, 0.2) is 18.3 Å². The third-order valence-corrected chi connectivity index (χ3v) is 2.71. The van der Waals surface area contributed by atoms with Gasteiger partial charge in [0.15, 0.2) is 0 Å². The summed E-state index contributed by atoms with van der Waals surface area (Å²) in [5.41, 5.74) is 1.56. The quantitative estimate of drug-likeness (QED) is 0.732. The normalized spacial score (nSPS) is 20.2. The molecule has 4 heteroatoms. The molecule has 1 aromatic rings. The lowest BCUT2D eigenvalue weighted by Crippen LogP contribution is -2.09. The molecule has 1 aliphatic rings. The molecule has 2 heterocycles. The second-order valence-corrected chi connectivity index (χ2v) is 3.66. The molecule has 15 heavy (non-hydrogen) atoms. The highest BCUT2D eigenvalue weighted by molar-refractivity contribution is 5.86. The van der Waals surface area contributed by atoms with Crippen molar-refractivity contribution < 1.29 is 9.53 Å². The fraction of sp³-hybridized carbons (Fsp3) is 0.455. The minimum atomic E-state index is -0.383. The van der Waals surface area contributed by atoms with Gasteiger partial charge < -0.3 is 10.1 Å². The molecule has 0 aromatic carbocycles. The van der Waals surface area contributed by atoms with Crippen molar-refractivity contribution in [2.45, 2.75) is 12.3 Å². The highest BCUT2D eigenvalue weighted by Crippen LogP contribution is 2.21. The Kier molecular flexibility index (Phi) is 2.97. The number of carbonyl (C=O) groups is 1. The third-order valence-electron chi connectivity index (χ3n) is 2.71. The smallest absolute Gasteiger partial charge is 0.356 e. The molecule has 1 unspecified atom stereocenters. The molecule has 1 aromatic heterocycles. The Morgan fingerprint density at radius 3 is 3.00 bits per heavy atom. The van der Waals surface area contributed by atoms with Gasteiger partial charge in [0.2, 0.25) is 0 Å². The van der Waals surface area contributed by atoms with Crippen molar-refractivity contribution in [2.75, 3.05) is 20.2 Å². The van der Waals surface area contributed by atoms with Crippen LogP contribution in [0.1, 0.15) is 28.4 Å². The van der Waals surface area contributed by atoms with E-state index in [0.29, 0.717) is 11.6 Å². The van der Waals surface area contributed by atoms with E-state index in [2.05, 4.69) is 15.0 Å². The van der Waals surface area contributed by atoms with E-state index in [1.54, 1.807) is 12.3 Å². The number of hydrogen-bond acceptors (Lipinski definition) is 4. The summed E-state index contributed by atoms with van der Waals surface area (Å²) < 4.78 is 4.59. The van der Waals surface area contributed by atoms with E-state index in [9.17, 15) is 4.79 Å². The molecule has 1 saturated heterocycles. The van der Waals surface area contributed by atoms with Crippen LogP contribution < -0.4 is 5.32 Å². The summed E-state index contributed by atoms with van der Waals surface area (Å²) >= 11 is 0. The van der Waals surface area contributed by atoms with E-state index in [4.69, 9.17) is 0 Å². The van der Waals surface area contributed by atoms with Crippen molar-refractivity contribution in [1.29, 1.82) is 0 Å². The maximum absolute atomic E-state index is 11.1. The van der Waals surface area contributed by atoms with Gasteiger partial charge in [0.05, 0.1) is 7.11 Å². The molecule has 0 saturated carbocycles. The minimum absolute atomic E-state index is 0.368. The third kappa shape index (κ3) is 2.15. The molecule has 1 N–H and O–H groups in total. The summed E-state index contributed by atoms with van der Waals surface area (Å²) in [6.45, 7) is 2.06. The average molecular weight is 206 g/mol. The van der Waals surface area contributed by atoms with Gasteiger partial charge in [-0.15, -0.1) is 0 Å². The summed E-state index contributed by atoms with van der Waals surface area (Å²) in [7, 11) is 1.36. The first kappa shape index (κ1) is 10.1. The number of rotatable bonds is 2. The van der Waals surface area contributed by atoms with E-state index in [-0.39, 0.29) is 5.97 Å². The lowest BCUT2D eigenvalue weighted by molar-refractivity contribution is 0.0594. The molecule has 80 valence electrons. The van der Waals surface area contributed by atoms with Crippen LogP contribution in [0.25, 0.3) is 0 Å². The Morgan fingerprint density at radius 2 is 2.47 bits per heavy atom. The maximum Gasteiger partial charge on any atom is 0.356 e. The zero-order valence-corrected chi connectivity index (χ0v) is 8.69. The number of carbonyl (C=O) groups excluding carboxylic acids is 1. The van der Waals surface area contributed by atoms with Gasteiger partial charge >= 0.3 is 5.97 Å². The van der Waals surface area contributed by atoms with Crippen LogP contribution in [0.5, 0.6) is 0 Å². The molecule has 1 atom stereocenters. The predicted octanol–water partition coefficient (Wildman–Crippen LogP) is 0.945.